The molecule has 2 aromatic heterocycles. The number of pyridine rings is 1. The Bertz CT molecular complexity index is 1810. The second-order valence-electron chi connectivity index (χ2n) is 8.57. The number of aromatic nitrogens is 1. The van der Waals surface area contributed by atoms with Crippen molar-refractivity contribution in [2.75, 3.05) is 0 Å². The second kappa shape index (κ2) is 7.97. The van der Waals surface area contributed by atoms with E-state index in [0.717, 1.165) is 10.3 Å². The van der Waals surface area contributed by atoms with E-state index in [1.807, 2.05) is 26.0 Å². The summed E-state index contributed by atoms with van der Waals surface area (Å²) in [6.45, 7) is 1.58. The zero-order valence-electron chi connectivity index (χ0n) is 22.8. The summed E-state index contributed by atoms with van der Waals surface area (Å²) < 4.78 is 35.6. The highest BCUT2D eigenvalue weighted by Gasteiger charge is 2.16. The van der Waals surface area contributed by atoms with Gasteiger partial charge in [-0.15, -0.1) is 11.3 Å². The summed E-state index contributed by atoms with van der Waals surface area (Å²) in [5.41, 5.74) is 2.42. The van der Waals surface area contributed by atoms with Gasteiger partial charge < -0.3 is 0 Å². The standard InChI is InChI=1S/C31H27NS/c1-4-20(5-2)26-16-29(32-18-19(26)3)25-12-8-11-24-28-15-22-14-13-21-9-6-7-10-23(21)27(22)17-30(28)33-31(24)25/h6-18,20H,4-5H2,1-3H3/i3D3,20D. The van der Waals surface area contributed by atoms with Crippen molar-refractivity contribution in [2.24, 2.45) is 0 Å². The Balaban J connectivity index is 1.61. The Morgan fingerprint density at radius 2 is 1.67 bits per heavy atom. The molecule has 0 fully saturated rings. The second-order valence-corrected chi connectivity index (χ2v) is 9.62. The number of rotatable bonds is 4. The number of benzene rings is 4. The Hall–Kier alpha value is -3.23. The zero-order chi connectivity index (χ0) is 25.9. The summed E-state index contributed by atoms with van der Waals surface area (Å²) in [6.07, 6.45) is 2.53. The van der Waals surface area contributed by atoms with Gasteiger partial charge in [-0.3, -0.25) is 4.98 Å². The van der Waals surface area contributed by atoms with E-state index >= 15 is 0 Å². The minimum atomic E-state index is -2.32. The first-order chi connectivity index (χ1) is 17.7. The highest BCUT2D eigenvalue weighted by atomic mass is 32.1. The van der Waals surface area contributed by atoms with Crippen LogP contribution in [0.15, 0.2) is 79.0 Å². The molecule has 0 bridgehead atoms. The van der Waals surface area contributed by atoms with Crippen LogP contribution in [0.4, 0.5) is 0 Å². The number of hydrogen-bond donors (Lipinski definition) is 0. The fraction of sp³-hybridized carbons (Fsp3) is 0.194. The Labute approximate surface area is 204 Å². The van der Waals surface area contributed by atoms with Gasteiger partial charge in [0.25, 0.3) is 0 Å². The van der Waals surface area contributed by atoms with E-state index in [4.69, 9.17) is 5.48 Å². The normalized spacial score (nSPS) is 14.5. The molecule has 0 saturated heterocycles. The largest absolute Gasteiger partial charge is 0.256 e. The first-order valence-corrected chi connectivity index (χ1v) is 12.3. The third-order valence-corrected chi connectivity index (χ3v) is 7.98. The van der Waals surface area contributed by atoms with Crippen LogP contribution in [0.1, 0.15) is 49.2 Å². The first-order valence-electron chi connectivity index (χ1n) is 13.5. The number of nitrogens with zero attached hydrogens (tertiary/aromatic N) is 1. The minimum Gasteiger partial charge on any atom is -0.256 e. The van der Waals surface area contributed by atoms with Crippen LogP contribution in [0.5, 0.6) is 0 Å². The van der Waals surface area contributed by atoms with Crippen LogP contribution in [0.2, 0.25) is 0 Å². The Morgan fingerprint density at radius 1 is 0.848 bits per heavy atom. The van der Waals surface area contributed by atoms with Gasteiger partial charge in [-0.25, -0.2) is 0 Å². The lowest BCUT2D eigenvalue weighted by Gasteiger charge is -2.17. The monoisotopic (exact) mass is 449 g/mol. The molecule has 6 aromatic rings. The van der Waals surface area contributed by atoms with Crippen LogP contribution in [-0.4, -0.2) is 4.98 Å². The lowest BCUT2D eigenvalue weighted by molar-refractivity contribution is 0.637. The summed E-state index contributed by atoms with van der Waals surface area (Å²) in [7, 11) is 0. The number of hydrogen-bond acceptors (Lipinski definition) is 2. The highest BCUT2D eigenvalue weighted by Crippen LogP contribution is 2.42. The van der Waals surface area contributed by atoms with E-state index in [9.17, 15) is 0 Å². The number of thiophene rings is 1. The Kier molecular flexibility index (Phi) is 3.96. The van der Waals surface area contributed by atoms with Crippen molar-refractivity contribution in [1.29, 1.82) is 0 Å². The predicted octanol–water partition coefficient (Wildman–Crippen LogP) is 9.63. The van der Waals surface area contributed by atoms with Gasteiger partial charge >= 0.3 is 0 Å². The summed E-state index contributed by atoms with van der Waals surface area (Å²) in [5, 5.41) is 7.31. The molecule has 0 atom stereocenters. The molecule has 2 heteroatoms. The highest BCUT2D eigenvalue weighted by molar-refractivity contribution is 7.26. The van der Waals surface area contributed by atoms with Crippen molar-refractivity contribution < 1.29 is 5.48 Å². The molecular formula is C31H27NS. The smallest absolute Gasteiger partial charge is 0.0719 e. The third kappa shape index (κ3) is 3.24. The molecule has 0 unspecified atom stereocenters. The van der Waals surface area contributed by atoms with E-state index < -0.39 is 12.7 Å². The molecule has 0 aliphatic heterocycles. The van der Waals surface area contributed by atoms with Gasteiger partial charge in [-0.2, -0.15) is 0 Å². The van der Waals surface area contributed by atoms with Gasteiger partial charge in [0.2, 0.25) is 0 Å². The molecule has 0 aliphatic rings. The molecular weight excluding hydrogens is 418 g/mol. The molecule has 2 heterocycles. The lowest BCUT2D eigenvalue weighted by atomic mass is 9.90. The fourth-order valence-electron chi connectivity index (χ4n) is 5.03. The maximum absolute atomic E-state index is 9.06. The van der Waals surface area contributed by atoms with Gasteiger partial charge in [0.05, 0.1) is 5.69 Å². The molecule has 33 heavy (non-hydrogen) atoms. The van der Waals surface area contributed by atoms with Crippen molar-refractivity contribution in [1.82, 2.24) is 4.98 Å². The minimum absolute atomic E-state index is 0.177. The predicted molar refractivity (Wildman–Crippen MR) is 146 cm³/mol. The molecule has 0 aliphatic carbocycles. The van der Waals surface area contributed by atoms with Gasteiger partial charge in [-0.1, -0.05) is 68.4 Å². The number of aryl methyl sites for hydroxylation is 1. The molecule has 0 N–H and O–H groups in total. The first kappa shape index (κ1) is 16.4. The van der Waals surface area contributed by atoms with Gasteiger partial charge in [-0.05, 0) is 76.5 Å². The van der Waals surface area contributed by atoms with Crippen LogP contribution in [0.3, 0.4) is 0 Å². The van der Waals surface area contributed by atoms with E-state index in [0.29, 0.717) is 24.1 Å². The summed E-state index contributed by atoms with van der Waals surface area (Å²) in [5.74, 6) is -0.978. The SMILES string of the molecule is [2H]C([2H])([2H])c1cnc(-c2cccc3c2sc2cc4c(ccc5ccccc54)cc23)cc1C([2H])(CC)CC. The summed E-state index contributed by atoms with van der Waals surface area (Å²) in [6, 6.07) is 25.5. The maximum atomic E-state index is 9.06. The zero-order valence-corrected chi connectivity index (χ0v) is 19.6. The van der Waals surface area contributed by atoms with E-state index in [-0.39, 0.29) is 5.56 Å². The molecule has 1 nitrogen and oxygen atoms in total. The fourth-order valence-corrected chi connectivity index (χ4v) is 6.27. The third-order valence-electron chi connectivity index (χ3n) is 6.78. The molecule has 162 valence electrons. The van der Waals surface area contributed by atoms with Crippen molar-refractivity contribution in [3.05, 3.63) is 90.1 Å². The molecule has 0 spiro atoms. The maximum Gasteiger partial charge on any atom is 0.0719 e. The van der Waals surface area contributed by atoms with Crippen molar-refractivity contribution >= 4 is 53.1 Å². The topological polar surface area (TPSA) is 12.9 Å². The number of fused-ring (bicyclic) bond motifs is 6. The van der Waals surface area contributed by atoms with Crippen LogP contribution in [0, 0.1) is 6.85 Å². The van der Waals surface area contributed by atoms with Gasteiger partial charge in [0.1, 0.15) is 0 Å². The molecule has 0 amide bonds. The van der Waals surface area contributed by atoms with Crippen LogP contribution in [0.25, 0.3) is 53.0 Å². The van der Waals surface area contributed by atoms with Crippen molar-refractivity contribution in [3.8, 4) is 11.3 Å². The molecule has 6 rings (SSSR count). The van der Waals surface area contributed by atoms with E-state index in [1.54, 1.807) is 11.3 Å². The van der Waals surface area contributed by atoms with Gasteiger partial charge in [0, 0.05) is 37.4 Å². The van der Waals surface area contributed by atoms with Gasteiger partial charge in [0.15, 0.2) is 0 Å². The van der Waals surface area contributed by atoms with Crippen molar-refractivity contribution in [2.45, 2.75) is 39.4 Å². The quantitative estimate of drug-likeness (QED) is 0.244. The van der Waals surface area contributed by atoms with Crippen LogP contribution >= 0.6 is 11.3 Å². The van der Waals surface area contributed by atoms with Crippen LogP contribution < -0.4 is 0 Å². The average Bonchev–Trinajstić information content (AvgIpc) is 3.28. The van der Waals surface area contributed by atoms with Crippen LogP contribution in [-0.2, 0) is 0 Å². The molecule has 0 radical (unpaired) electrons. The van der Waals surface area contributed by atoms with Crippen molar-refractivity contribution in [3.63, 3.8) is 0 Å². The lowest BCUT2D eigenvalue weighted by Crippen LogP contribution is -2.00. The molecule has 4 aromatic carbocycles. The average molecular weight is 450 g/mol. The molecule has 0 saturated carbocycles. The van der Waals surface area contributed by atoms with E-state index in [2.05, 4.69) is 65.6 Å². The Morgan fingerprint density at radius 3 is 2.52 bits per heavy atom. The summed E-state index contributed by atoms with van der Waals surface area (Å²) >= 11 is 1.74. The summed E-state index contributed by atoms with van der Waals surface area (Å²) in [4.78, 5) is 4.64. The van der Waals surface area contributed by atoms with E-state index in [1.165, 1.54) is 43.2 Å².